The molecule has 1 heterocycles. The molecule has 0 saturated carbocycles. The minimum Gasteiger partial charge on any atom is -0.324 e. The third kappa shape index (κ3) is 2.45. The van der Waals surface area contributed by atoms with Gasteiger partial charge < -0.3 is 10.6 Å². The summed E-state index contributed by atoms with van der Waals surface area (Å²) in [5.41, 5.74) is 10.6. The van der Waals surface area contributed by atoms with Gasteiger partial charge in [-0.1, -0.05) is 36.4 Å². The van der Waals surface area contributed by atoms with Crippen LogP contribution in [-0.2, 0) is 4.79 Å². The molecule has 0 bridgehead atoms. The molecule has 1 amide bonds. The molecule has 2 unspecified atom stereocenters. The van der Waals surface area contributed by atoms with Crippen molar-refractivity contribution < 1.29 is 4.79 Å². The molecule has 1 aliphatic rings. The maximum atomic E-state index is 11.9. The molecular weight excluding hydrogens is 260 g/mol. The van der Waals surface area contributed by atoms with E-state index in [9.17, 15) is 4.79 Å². The summed E-state index contributed by atoms with van der Waals surface area (Å²) in [6.45, 7) is 3.66. The molecule has 2 atom stereocenters. The smallest absolute Gasteiger partial charge is 0.224 e. The average Bonchev–Trinajstić information content (AvgIpc) is 2.47. The van der Waals surface area contributed by atoms with Crippen LogP contribution in [0, 0.1) is 0 Å². The van der Waals surface area contributed by atoms with Gasteiger partial charge in [-0.15, -0.1) is 0 Å². The standard InChI is InChI=1S/C18H20N2O/c1-12-10-17(19)16-11-15(14-6-4-3-5-7-14)8-9-18(16)20(12)13(2)21/h3-9,11-12,17H,10,19H2,1-2H3. The first-order valence-corrected chi connectivity index (χ1v) is 7.32. The number of hydrogen-bond donors (Lipinski definition) is 1. The fraction of sp³-hybridized carbons (Fsp3) is 0.278. The predicted molar refractivity (Wildman–Crippen MR) is 86.0 cm³/mol. The SMILES string of the molecule is CC(=O)N1c2ccc(-c3ccccc3)cc2C(N)CC1C. The van der Waals surface area contributed by atoms with E-state index in [2.05, 4.69) is 31.2 Å². The zero-order chi connectivity index (χ0) is 15.0. The molecule has 3 heteroatoms. The molecule has 2 N–H and O–H groups in total. The fourth-order valence-corrected chi connectivity index (χ4v) is 3.20. The van der Waals surface area contributed by atoms with E-state index >= 15 is 0 Å². The van der Waals surface area contributed by atoms with Gasteiger partial charge in [0.05, 0.1) is 0 Å². The Hall–Kier alpha value is -2.13. The quantitative estimate of drug-likeness (QED) is 0.869. The van der Waals surface area contributed by atoms with Crippen molar-refractivity contribution in [3.05, 3.63) is 54.1 Å². The Morgan fingerprint density at radius 2 is 1.86 bits per heavy atom. The van der Waals surface area contributed by atoms with Crippen LogP contribution < -0.4 is 10.6 Å². The maximum absolute atomic E-state index is 11.9. The molecule has 21 heavy (non-hydrogen) atoms. The molecule has 0 aliphatic carbocycles. The number of carbonyl (C=O) groups excluding carboxylic acids is 1. The van der Waals surface area contributed by atoms with E-state index in [1.165, 1.54) is 5.56 Å². The van der Waals surface area contributed by atoms with Crippen LogP contribution >= 0.6 is 0 Å². The number of fused-ring (bicyclic) bond motifs is 1. The minimum absolute atomic E-state index is 0.0192. The van der Waals surface area contributed by atoms with Crippen LogP contribution in [0.15, 0.2) is 48.5 Å². The Bertz CT molecular complexity index is 666. The van der Waals surface area contributed by atoms with Crippen LogP contribution in [0.5, 0.6) is 0 Å². The summed E-state index contributed by atoms with van der Waals surface area (Å²) in [6, 6.07) is 16.6. The highest BCUT2D eigenvalue weighted by atomic mass is 16.2. The molecule has 0 spiro atoms. The third-order valence-corrected chi connectivity index (χ3v) is 4.17. The second-order valence-electron chi connectivity index (χ2n) is 5.72. The number of rotatable bonds is 1. The molecule has 0 aromatic heterocycles. The number of amides is 1. The van der Waals surface area contributed by atoms with Crippen LogP contribution in [0.25, 0.3) is 11.1 Å². The lowest BCUT2D eigenvalue weighted by atomic mass is 9.90. The number of nitrogens with two attached hydrogens (primary N) is 1. The van der Waals surface area contributed by atoms with Crippen LogP contribution in [0.1, 0.15) is 31.9 Å². The molecule has 108 valence electrons. The van der Waals surface area contributed by atoms with Crippen molar-refractivity contribution in [3.63, 3.8) is 0 Å². The first-order chi connectivity index (χ1) is 10.1. The Morgan fingerprint density at radius 3 is 2.52 bits per heavy atom. The Labute approximate surface area is 125 Å². The molecule has 2 aromatic rings. The van der Waals surface area contributed by atoms with Gasteiger partial charge >= 0.3 is 0 Å². The lowest BCUT2D eigenvalue weighted by Crippen LogP contribution is -2.43. The molecule has 3 nitrogen and oxygen atoms in total. The van der Waals surface area contributed by atoms with Gasteiger partial charge in [-0.05, 0) is 42.2 Å². The summed E-state index contributed by atoms with van der Waals surface area (Å²) < 4.78 is 0. The molecular formula is C18H20N2O. The summed E-state index contributed by atoms with van der Waals surface area (Å²) >= 11 is 0. The first-order valence-electron chi connectivity index (χ1n) is 7.32. The Morgan fingerprint density at radius 1 is 1.14 bits per heavy atom. The Kier molecular flexibility index (Phi) is 3.52. The molecule has 0 radical (unpaired) electrons. The van der Waals surface area contributed by atoms with Crippen molar-refractivity contribution in [2.45, 2.75) is 32.4 Å². The van der Waals surface area contributed by atoms with Crippen molar-refractivity contribution in [3.8, 4) is 11.1 Å². The van der Waals surface area contributed by atoms with Gasteiger partial charge in [-0.25, -0.2) is 0 Å². The lowest BCUT2D eigenvalue weighted by Gasteiger charge is -2.37. The largest absolute Gasteiger partial charge is 0.324 e. The number of hydrogen-bond acceptors (Lipinski definition) is 2. The summed E-state index contributed by atoms with van der Waals surface area (Å²) in [6.07, 6.45) is 0.796. The van der Waals surface area contributed by atoms with Crippen LogP contribution in [0.3, 0.4) is 0 Å². The van der Waals surface area contributed by atoms with Crippen LogP contribution in [-0.4, -0.2) is 11.9 Å². The second-order valence-corrected chi connectivity index (χ2v) is 5.72. The number of anilines is 1. The normalized spacial score (nSPS) is 21.0. The fourth-order valence-electron chi connectivity index (χ4n) is 3.20. The second kappa shape index (κ2) is 5.34. The maximum Gasteiger partial charge on any atom is 0.224 e. The van der Waals surface area contributed by atoms with Crippen molar-refractivity contribution in [1.82, 2.24) is 0 Å². The first kappa shape index (κ1) is 13.8. The molecule has 0 saturated heterocycles. The molecule has 2 aromatic carbocycles. The van der Waals surface area contributed by atoms with Gasteiger partial charge in [0.2, 0.25) is 5.91 Å². The highest BCUT2D eigenvalue weighted by Crippen LogP contribution is 2.38. The van der Waals surface area contributed by atoms with E-state index in [1.54, 1.807) is 6.92 Å². The van der Waals surface area contributed by atoms with E-state index < -0.39 is 0 Å². The summed E-state index contributed by atoms with van der Waals surface area (Å²) in [5, 5.41) is 0. The van der Waals surface area contributed by atoms with Crippen LogP contribution in [0.2, 0.25) is 0 Å². The van der Waals surface area contributed by atoms with Gasteiger partial charge in [0, 0.05) is 24.7 Å². The van der Waals surface area contributed by atoms with Gasteiger partial charge in [0.15, 0.2) is 0 Å². The monoisotopic (exact) mass is 280 g/mol. The van der Waals surface area contributed by atoms with E-state index in [0.29, 0.717) is 0 Å². The third-order valence-electron chi connectivity index (χ3n) is 4.17. The summed E-state index contributed by atoms with van der Waals surface area (Å²) in [4.78, 5) is 13.8. The zero-order valence-electron chi connectivity index (χ0n) is 12.4. The topological polar surface area (TPSA) is 46.3 Å². The molecule has 3 rings (SSSR count). The van der Waals surface area contributed by atoms with E-state index in [-0.39, 0.29) is 18.0 Å². The Balaban J connectivity index is 2.10. The molecule has 0 fully saturated rings. The van der Waals surface area contributed by atoms with Gasteiger partial charge in [-0.3, -0.25) is 4.79 Å². The highest BCUT2D eigenvalue weighted by Gasteiger charge is 2.30. The average molecular weight is 280 g/mol. The van der Waals surface area contributed by atoms with Crippen LogP contribution in [0.4, 0.5) is 5.69 Å². The lowest BCUT2D eigenvalue weighted by molar-refractivity contribution is -0.117. The number of carbonyl (C=O) groups is 1. The van der Waals surface area contributed by atoms with Gasteiger partial charge in [0.25, 0.3) is 0 Å². The predicted octanol–water partition coefficient (Wildman–Crippen LogP) is 3.50. The van der Waals surface area contributed by atoms with Crippen molar-refractivity contribution in [1.29, 1.82) is 0 Å². The number of nitrogens with zero attached hydrogens (tertiary/aromatic N) is 1. The van der Waals surface area contributed by atoms with Gasteiger partial charge in [0.1, 0.15) is 0 Å². The van der Waals surface area contributed by atoms with E-state index in [0.717, 1.165) is 23.2 Å². The van der Waals surface area contributed by atoms with E-state index in [1.807, 2.05) is 29.2 Å². The molecule has 1 aliphatic heterocycles. The van der Waals surface area contributed by atoms with E-state index in [4.69, 9.17) is 5.73 Å². The van der Waals surface area contributed by atoms with Crippen molar-refractivity contribution >= 4 is 11.6 Å². The number of benzene rings is 2. The summed E-state index contributed by atoms with van der Waals surface area (Å²) in [5.74, 6) is 0.0723. The highest BCUT2D eigenvalue weighted by molar-refractivity contribution is 5.94. The zero-order valence-corrected chi connectivity index (χ0v) is 12.4. The summed E-state index contributed by atoms with van der Waals surface area (Å²) in [7, 11) is 0. The van der Waals surface area contributed by atoms with Crippen molar-refractivity contribution in [2.75, 3.05) is 4.90 Å². The van der Waals surface area contributed by atoms with Gasteiger partial charge in [-0.2, -0.15) is 0 Å². The minimum atomic E-state index is -0.0192. The van der Waals surface area contributed by atoms with Crippen molar-refractivity contribution in [2.24, 2.45) is 5.73 Å².